The van der Waals surface area contributed by atoms with Gasteiger partial charge in [0.15, 0.2) is 11.4 Å². The van der Waals surface area contributed by atoms with Crippen molar-refractivity contribution in [3.63, 3.8) is 0 Å². The van der Waals surface area contributed by atoms with Crippen LogP contribution in [0.3, 0.4) is 0 Å². The monoisotopic (exact) mass is 480 g/mol. The van der Waals surface area contributed by atoms with Crippen LogP contribution in [-0.4, -0.2) is 17.6 Å². The number of rotatable bonds is 6. The molecular formula is C18H23Cl2N2O7P. The first kappa shape index (κ1) is 21.4. The van der Waals surface area contributed by atoms with Gasteiger partial charge in [-0.1, -0.05) is 17.7 Å². The number of hydrogen-bond donors (Lipinski definition) is 2. The lowest BCUT2D eigenvalue weighted by molar-refractivity contribution is -0.645. The maximum Gasteiger partial charge on any atom is 0.563 e. The number of halogens is 2. The SMILES string of the molecule is COC1(c2ccc(Cl)c(OP(=O)(ON)ON)c2)OOC12C1CC3CC2CC(Cl)(C3)C1. The molecule has 1 spiro atoms. The standard InChI is InChI=1S/C18H23Cl2N2O7P/c1-24-18(11-2-3-14(19)15(6-11)25-30(23,28-21)29-22)17(26-27-18)12-4-10-5-13(17)9-16(20,7-10)8-12/h2-3,6,10,12-13H,4-5,7-9,21-22H2,1H3. The highest BCUT2D eigenvalue weighted by molar-refractivity contribution is 7.48. The van der Waals surface area contributed by atoms with Gasteiger partial charge in [0.2, 0.25) is 0 Å². The topological polar surface area (TPSA) is 124 Å². The van der Waals surface area contributed by atoms with Crippen molar-refractivity contribution in [1.82, 2.24) is 0 Å². The van der Waals surface area contributed by atoms with Crippen LogP contribution in [0.15, 0.2) is 18.2 Å². The Bertz CT molecular complexity index is 893. The van der Waals surface area contributed by atoms with E-state index in [0.29, 0.717) is 11.5 Å². The van der Waals surface area contributed by atoms with Crippen molar-refractivity contribution in [1.29, 1.82) is 0 Å². The molecule has 4 N–H and O–H groups in total. The van der Waals surface area contributed by atoms with Crippen LogP contribution < -0.4 is 16.3 Å². The van der Waals surface area contributed by atoms with E-state index < -0.39 is 19.2 Å². The molecule has 1 heterocycles. The number of phosphoric acid groups is 1. The van der Waals surface area contributed by atoms with Crippen molar-refractivity contribution in [3.05, 3.63) is 28.8 Å². The number of ether oxygens (including phenoxy) is 1. The van der Waals surface area contributed by atoms with Gasteiger partial charge in [-0.25, -0.2) is 21.2 Å². The van der Waals surface area contributed by atoms with Crippen molar-refractivity contribution in [2.45, 2.75) is 48.4 Å². The average molecular weight is 481 g/mol. The van der Waals surface area contributed by atoms with Crippen LogP contribution in [0.25, 0.3) is 0 Å². The lowest BCUT2D eigenvalue weighted by atomic mass is 9.46. The predicted molar refractivity (Wildman–Crippen MR) is 106 cm³/mol. The minimum atomic E-state index is -4.23. The largest absolute Gasteiger partial charge is 0.563 e. The molecule has 4 bridgehead atoms. The lowest BCUT2D eigenvalue weighted by Crippen LogP contribution is -2.78. The summed E-state index contributed by atoms with van der Waals surface area (Å²) in [6.45, 7) is 0. The highest BCUT2D eigenvalue weighted by atomic mass is 35.5. The second-order valence-corrected chi connectivity index (χ2v) is 11.4. The summed E-state index contributed by atoms with van der Waals surface area (Å²) in [5.74, 6) is 9.73. The van der Waals surface area contributed by atoms with Gasteiger partial charge >= 0.3 is 7.82 Å². The average Bonchev–Trinajstić information content (AvgIpc) is 2.69. The van der Waals surface area contributed by atoms with Gasteiger partial charge in [-0.15, -0.1) is 11.6 Å². The third kappa shape index (κ3) is 2.78. The number of benzene rings is 1. The van der Waals surface area contributed by atoms with Gasteiger partial charge in [0.25, 0.3) is 5.79 Å². The Labute approximate surface area is 183 Å². The summed E-state index contributed by atoms with van der Waals surface area (Å²) in [5.41, 5.74) is -0.0898. The molecule has 0 aromatic heterocycles. The molecule has 5 fully saturated rings. The van der Waals surface area contributed by atoms with Crippen molar-refractivity contribution in [3.8, 4) is 5.75 Å². The smallest absolute Gasteiger partial charge is 0.401 e. The zero-order valence-electron chi connectivity index (χ0n) is 16.2. The van der Waals surface area contributed by atoms with Gasteiger partial charge in [0.05, 0.1) is 5.02 Å². The Hall–Kier alpha value is -0.450. The van der Waals surface area contributed by atoms with Crippen molar-refractivity contribution < 1.29 is 32.8 Å². The van der Waals surface area contributed by atoms with Gasteiger partial charge in [-0.2, -0.15) is 14.1 Å². The first-order chi connectivity index (χ1) is 14.2. The van der Waals surface area contributed by atoms with E-state index in [-0.39, 0.29) is 27.5 Å². The van der Waals surface area contributed by atoms with Gasteiger partial charge in [-0.3, -0.25) is 0 Å². The summed E-state index contributed by atoms with van der Waals surface area (Å²) < 4.78 is 32.0. The molecule has 3 atom stereocenters. The molecule has 0 radical (unpaired) electrons. The van der Waals surface area contributed by atoms with Crippen molar-refractivity contribution in [2.75, 3.05) is 7.11 Å². The van der Waals surface area contributed by atoms with E-state index in [1.54, 1.807) is 25.3 Å². The number of hydrogen-bond acceptors (Lipinski definition) is 9. The van der Waals surface area contributed by atoms with Gasteiger partial charge < -0.3 is 9.26 Å². The zero-order chi connectivity index (χ0) is 21.4. The van der Waals surface area contributed by atoms with Crippen LogP contribution >= 0.6 is 31.0 Å². The molecule has 12 heteroatoms. The molecule has 0 amide bonds. The molecule has 1 saturated heterocycles. The highest BCUT2D eigenvalue weighted by Crippen LogP contribution is 2.71. The summed E-state index contributed by atoms with van der Waals surface area (Å²) >= 11 is 13.1. The summed E-state index contributed by atoms with van der Waals surface area (Å²) in [4.78, 5) is 11.4. The molecule has 166 valence electrons. The van der Waals surface area contributed by atoms with Gasteiger partial charge in [0.1, 0.15) is 0 Å². The van der Waals surface area contributed by atoms with Crippen LogP contribution in [0.2, 0.25) is 5.02 Å². The lowest BCUT2D eigenvalue weighted by Gasteiger charge is -2.70. The number of methoxy groups -OCH3 is 1. The molecule has 1 aromatic carbocycles. The van der Waals surface area contributed by atoms with E-state index in [9.17, 15) is 4.57 Å². The van der Waals surface area contributed by atoms with Gasteiger partial charge in [-0.05, 0) is 62.0 Å². The zero-order valence-corrected chi connectivity index (χ0v) is 18.6. The Morgan fingerprint density at radius 3 is 2.30 bits per heavy atom. The summed E-state index contributed by atoms with van der Waals surface area (Å²) in [5, 5.41) is 0.151. The minimum absolute atomic E-state index is 0.00638. The minimum Gasteiger partial charge on any atom is -0.401 e. The van der Waals surface area contributed by atoms with Crippen LogP contribution in [0, 0.1) is 17.8 Å². The second-order valence-electron chi connectivity index (χ2n) is 8.67. The molecule has 5 aliphatic rings. The number of alkyl halides is 1. The van der Waals surface area contributed by atoms with E-state index in [0.717, 1.165) is 32.1 Å². The Balaban J connectivity index is 1.55. The maximum absolute atomic E-state index is 12.2. The molecule has 1 aliphatic heterocycles. The van der Waals surface area contributed by atoms with Gasteiger partial charge in [0, 0.05) is 17.5 Å². The normalized spacial score (nSPS) is 41.8. The fourth-order valence-corrected chi connectivity index (χ4v) is 7.64. The molecule has 6 rings (SSSR count). The Morgan fingerprint density at radius 1 is 1.13 bits per heavy atom. The molecule has 4 saturated carbocycles. The maximum atomic E-state index is 12.2. The van der Waals surface area contributed by atoms with E-state index in [1.807, 2.05) is 0 Å². The third-order valence-electron chi connectivity index (χ3n) is 7.21. The summed E-state index contributed by atoms with van der Waals surface area (Å²) in [6.07, 6.45) is 4.74. The second kappa shape index (κ2) is 7.02. The Morgan fingerprint density at radius 2 is 1.80 bits per heavy atom. The quantitative estimate of drug-likeness (QED) is 0.269. The van der Waals surface area contributed by atoms with Crippen LogP contribution in [0.4, 0.5) is 0 Å². The van der Waals surface area contributed by atoms with Crippen LogP contribution in [-0.2, 0) is 34.1 Å². The van der Waals surface area contributed by atoms with Crippen molar-refractivity contribution >= 4 is 31.0 Å². The van der Waals surface area contributed by atoms with E-state index in [2.05, 4.69) is 9.25 Å². The Kier molecular flexibility index (Phi) is 5.01. The van der Waals surface area contributed by atoms with Crippen LogP contribution in [0.1, 0.15) is 37.7 Å². The fraction of sp³-hybridized carbons (Fsp3) is 0.667. The molecule has 9 nitrogen and oxygen atoms in total. The van der Waals surface area contributed by atoms with E-state index in [1.165, 1.54) is 0 Å². The molecular weight excluding hydrogens is 458 g/mol. The highest BCUT2D eigenvalue weighted by Gasteiger charge is 2.78. The first-order valence-electron chi connectivity index (χ1n) is 9.70. The molecule has 30 heavy (non-hydrogen) atoms. The summed E-state index contributed by atoms with van der Waals surface area (Å²) in [7, 11) is -2.66. The van der Waals surface area contributed by atoms with E-state index in [4.69, 9.17) is 54.0 Å². The number of nitrogens with two attached hydrogens (primary N) is 2. The summed E-state index contributed by atoms with van der Waals surface area (Å²) in [6, 6.07) is 4.86. The van der Waals surface area contributed by atoms with Crippen molar-refractivity contribution in [2.24, 2.45) is 29.5 Å². The fourth-order valence-electron chi connectivity index (χ4n) is 6.31. The first-order valence-corrected chi connectivity index (χ1v) is 11.9. The predicted octanol–water partition coefficient (Wildman–Crippen LogP) is 3.92. The molecule has 3 unspecified atom stereocenters. The van der Waals surface area contributed by atoms with Crippen LogP contribution in [0.5, 0.6) is 5.75 Å². The molecule has 4 aliphatic carbocycles. The van der Waals surface area contributed by atoms with E-state index >= 15 is 0 Å². The molecule has 1 aromatic rings. The third-order valence-corrected chi connectivity index (χ3v) is 8.92.